The van der Waals surface area contributed by atoms with Gasteiger partial charge in [-0.1, -0.05) is 32.0 Å². The Bertz CT molecular complexity index is 1160. The van der Waals surface area contributed by atoms with Crippen molar-refractivity contribution in [2.24, 2.45) is 17.4 Å². The summed E-state index contributed by atoms with van der Waals surface area (Å²) in [7, 11) is 0. The number of primary amides is 1. The van der Waals surface area contributed by atoms with Crippen LogP contribution in [0, 0.1) is 11.3 Å². The van der Waals surface area contributed by atoms with Crippen LogP contribution in [0.15, 0.2) is 30.5 Å². The number of carbonyl (C=O) groups is 4. The van der Waals surface area contributed by atoms with Gasteiger partial charge in [-0.2, -0.15) is 0 Å². The summed E-state index contributed by atoms with van der Waals surface area (Å²) in [5.74, 6) is -2.31. The van der Waals surface area contributed by atoms with E-state index >= 15 is 0 Å². The van der Waals surface area contributed by atoms with Crippen LogP contribution in [0.5, 0.6) is 0 Å². The predicted octanol–water partition coefficient (Wildman–Crippen LogP) is 0.369. The highest BCUT2D eigenvalue weighted by Gasteiger charge is 2.37. The van der Waals surface area contributed by atoms with E-state index in [1.165, 1.54) is 6.92 Å². The van der Waals surface area contributed by atoms with Crippen LogP contribution in [0.4, 0.5) is 0 Å². The number of hydrogen-bond acceptors (Lipinski definition) is 5. The predicted molar refractivity (Wildman–Crippen MR) is 146 cm³/mol. The lowest BCUT2D eigenvalue weighted by Gasteiger charge is -2.31. The molecule has 38 heavy (non-hydrogen) atoms. The van der Waals surface area contributed by atoms with Crippen LogP contribution in [0.2, 0.25) is 0 Å². The van der Waals surface area contributed by atoms with Gasteiger partial charge in [0.05, 0.1) is 0 Å². The maximum Gasteiger partial charge on any atom is 0.246 e. The van der Waals surface area contributed by atoms with Crippen molar-refractivity contribution >= 4 is 40.5 Å². The van der Waals surface area contributed by atoms with E-state index in [0.717, 1.165) is 16.5 Å². The molecule has 0 saturated carbocycles. The Balaban J connectivity index is 2.29. The van der Waals surface area contributed by atoms with Crippen molar-refractivity contribution in [3.05, 3.63) is 36.0 Å². The summed E-state index contributed by atoms with van der Waals surface area (Å²) in [6.45, 7) is 7.03. The number of rotatable bonds is 14. The highest BCUT2D eigenvalue weighted by Crippen LogP contribution is 2.23. The van der Waals surface area contributed by atoms with Crippen molar-refractivity contribution in [1.82, 2.24) is 26.3 Å². The molecule has 208 valence electrons. The summed E-state index contributed by atoms with van der Waals surface area (Å²) >= 11 is 0. The zero-order valence-electron chi connectivity index (χ0n) is 22.4. The zero-order chi connectivity index (χ0) is 28.5. The number of aromatic amines is 1. The van der Waals surface area contributed by atoms with Crippen molar-refractivity contribution in [1.29, 1.82) is 5.41 Å². The third kappa shape index (κ3) is 8.79. The van der Waals surface area contributed by atoms with E-state index in [1.54, 1.807) is 13.1 Å². The van der Waals surface area contributed by atoms with Gasteiger partial charge in [-0.25, -0.2) is 0 Å². The first-order chi connectivity index (χ1) is 17.8. The number of fused-ring (bicyclic) bond motifs is 1. The van der Waals surface area contributed by atoms with Gasteiger partial charge < -0.3 is 37.7 Å². The van der Waals surface area contributed by atoms with Crippen molar-refractivity contribution < 1.29 is 19.2 Å². The molecule has 0 aliphatic rings. The lowest BCUT2D eigenvalue weighted by Crippen LogP contribution is -2.62. The van der Waals surface area contributed by atoms with Gasteiger partial charge >= 0.3 is 0 Å². The van der Waals surface area contributed by atoms with Crippen molar-refractivity contribution in [2.45, 2.75) is 71.0 Å². The molecule has 0 spiro atoms. The van der Waals surface area contributed by atoms with E-state index in [4.69, 9.17) is 16.9 Å². The monoisotopic (exact) mass is 528 g/mol. The normalized spacial score (nSPS) is 14.2. The number of carbonyl (C=O) groups excluding carboxylic acids is 4. The van der Waals surface area contributed by atoms with Crippen molar-refractivity contribution in [3.8, 4) is 0 Å². The fraction of sp³-hybridized carbons (Fsp3) is 0.500. The molecule has 0 radical (unpaired) electrons. The van der Waals surface area contributed by atoms with Gasteiger partial charge in [0.2, 0.25) is 23.6 Å². The number of amides is 4. The molecule has 0 saturated heterocycles. The summed E-state index contributed by atoms with van der Waals surface area (Å²) in [4.78, 5) is 54.1. The molecule has 1 aromatic heterocycles. The second kappa shape index (κ2) is 13.5. The summed E-state index contributed by atoms with van der Waals surface area (Å²) in [5.41, 5.74) is 11.2. The quantitative estimate of drug-likeness (QED) is 0.0986. The Morgan fingerprint density at radius 3 is 2.37 bits per heavy atom. The Labute approximate surface area is 222 Å². The second-order valence-corrected chi connectivity index (χ2v) is 10.2. The average molecular weight is 529 g/mol. The van der Waals surface area contributed by atoms with Crippen LogP contribution in [-0.4, -0.2) is 58.7 Å². The fourth-order valence-electron chi connectivity index (χ4n) is 4.33. The largest absolute Gasteiger partial charge is 0.370 e. The number of H-pyrrole nitrogens is 1. The topological polar surface area (TPSA) is 208 Å². The third-order valence-electron chi connectivity index (χ3n) is 6.15. The number of nitrogens with two attached hydrogens (primary N) is 2. The molecule has 2 aromatic rings. The van der Waals surface area contributed by atoms with Crippen LogP contribution in [0.1, 0.15) is 52.5 Å². The minimum absolute atomic E-state index is 0.0971. The number of aromatic nitrogens is 1. The van der Waals surface area contributed by atoms with E-state index in [-0.39, 0.29) is 24.7 Å². The van der Waals surface area contributed by atoms with Crippen LogP contribution in [0.3, 0.4) is 0 Å². The fourth-order valence-corrected chi connectivity index (χ4v) is 4.33. The molecule has 3 atom stereocenters. The molecule has 4 amide bonds. The van der Waals surface area contributed by atoms with Crippen LogP contribution >= 0.6 is 0 Å². The lowest BCUT2D eigenvalue weighted by molar-refractivity contribution is -0.136. The molecule has 1 aromatic carbocycles. The number of benzene rings is 1. The van der Waals surface area contributed by atoms with E-state index < -0.39 is 41.3 Å². The van der Waals surface area contributed by atoms with Gasteiger partial charge in [-0.05, 0) is 43.7 Å². The number of nitrogens with one attached hydrogen (secondary N) is 6. The molecule has 0 aliphatic carbocycles. The van der Waals surface area contributed by atoms with E-state index in [0.29, 0.717) is 19.4 Å². The van der Waals surface area contributed by atoms with Crippen LogP contribution in [-0.2, 0) is 25.6 Å². The van der Waals surface area contributed by atoms with Gasteiger partial charge in [0.25, 0.3) is 0 Å². The molecule has 1 heterocycles. The van der Waals surface area contributed by atoms with Crippen LogP contribution in [0.25, 0.3) is 10.9 Å². The Kier molecular flexibility index (Phi) is 10.7. The SMILES string of the molecule is CC(=O)NC(C)(Cc1c[nH]c2ccccc12)C(=O)N[C@@H](CCCNC(=N)N)C(=O)N[C@@H](CC(C)C)C(N)=O. The van der Waals surface area contributed by atoms with E-state index in [1.807, 2.05) is 38.1 Å². The standard InChI is InChI=1S/C26H40N8O4/c1-15(2)12-21(22(27)36)32-23(37)20(10-7-11-30-25(28)29)33-24(38)26(4,34-16(3)35)13-17-14-31-19-9-6-5-8-18(17)19/h5-6,8-9,14-15,20-21,31H,7,10-13H2,1-4H3,(H2,27,36)(H,32,37)(H,33,38)(H,34,35)(H4,28,29,30)/t20-,21-,26?/m0/s1. The van der Waals surface area contributed by atoms with E-state index in [2.05, 4.69) is 26.3 Å². The third-order valence-corrected chi connectivity index (χ3v) is 6.15. The van der Waals surface area contributed by atoms with Gasteiger partial charge in [0.1, 0.15) is 17.6 Å². The van der Waals surface area contributed by atoms with Crippen molar-refractivity contribution in [3.63, 3.8) is 0 Å². The maximum absolute atomic E-state index is 13.6. The summed E-state index contributed by atoms with van der Waals surface area (Å²) < 4.78 is 0. The molecule has 0 aliphatic heterocycles. The second-order valence-electron chi connectivity index (χ2n) is 10.2. The highest BCUT2D eigenvalue weighted by molar-refractivity contribution is 5.96. The molecule has 10 N–H and O–H groups in total. The van der Waals surface area contributed by atoms with E-state index in [9.17, 15) is 19.2 Å². The highest BCUT2D eigenvalue weighted by atomic mass is 16.2. The average Bonchev–Trinajstić information content (AvgIpc) is 3.21. The number of hydrogen-bond donors (Lipinski definition) is 8. The Hall–Kier alpha value is -4.09. The first-order valence-corrected chi connectivity index (χ1v) is 12.6. The van der Waals surface area contributed by atoms with Gasteiger partial charge in [0.15, 0.2) is 5.96 Å². The summed E-state index contributed by atoms with van der Waals surface area (Å²) in [5, 5.41) is 19.1. The van der Waals surface area contributed by atoms with Gasteiger partial charge in [0, 0.05) is 37.0 Å². The number of guanidine groups is 1. The van der Waals surface area contributed by atoms with Gasteiger partial charge in [-0.15, -0.1) is 0 Å². The maximum atomic E-state index is 13.6. The van der Waals surface area contributed by atoms with Gasteiger partial charge in [-0.3, -0.25) is 24.6 Å². The minimum atomic E-state index is -1.38. The summed E-state index contributed by atoms with van der Waals surface area (Å²) in [6, 6.07) is 5.69. The zero-order valence-corrected chi connectivity index (χ0v) is 22.4. The minimum Gasteiger partial charge on any atom is -0.370 e. The van der Waals surface area contributed by atoms with Crippen LogP contribution < -0.4 is 32.7 Å². The van der Waals surface area contributed by atoms with Crippen molar-refractivity contribution in [2.75, 3.05) is 6.54 Å². The Morgan fingerprint density at radius 1 is 1.08 bits per heavy atom. The molecule has 1 unspecified atom stereocenters. The first kappa shape index (κ1) is 30.1. The lowest BCUT2D eigenvalue weighted by atomic mass is 9.90. The first-order valence-electron chi connectivity index (χ1n) is 12.6. The summed E-state index contributed by atoms with van der Waals surface area (Å²) in [6.07, 6.45) is 2.88. The molecular formula is C26H40N8O4. The number of para-hydroxylation sites is 1. The Morgan fingerprint density at radius 2 is 1.76 bits per heavy atom. The molecule has 0 fully saturated rings. The molecule has 0 bridgehead atoms. The molecule has 12 heteroatoms. The molecule has 12 nitrogen and oxygen atoms in total. The molecular weight excluding hydrogens is 488 g/mol. The smallest absolute Gasteiger partial charge is 0.246 e. The molecule has 2 rings (SSSR count).